The Morgan fingerprint density at radius 3 is 2.16 bits per heavy atom. The van der Waals surface area contributed by atoms with E-state index in [-0.39, 0.29) is 11.7 Å². The average molecular weight is 338 g/mol. The van der Waals surface area contributed by atoms with E-state index in [9.17, 15) is 9.59 Å². The number of anilines is 2. The Balaban J connectivity index is 1.65. The number of likely N-dealkylation sites (tertiary alicyclic amines) is 1. The molecule has 0 bridgehead atoms. The van der Waals surface area contributed by atoms with Crippen molar-refractivity contribution in [3.8, 4) is 0 Å². The number of amides is 1. The van der Waals surface area contributed by atoms with Gasteiger partial charge in [0.2, 0.25) is 0 Å². The second-order valence-corrected chi connectivity index (χ2v) is 6.27. The van der Waals surface area contributed by atoms with Crippen LogP contribution in [-0.2, 0) is 0 Å². The van der Waals surface area contributed by atoms with Crippen LogP contribution < -0.4 is 5.32 Å². The molecule has 130 valence electrons. The van der Waals surface area contributed by atoms with Crippen LogP contribution in [0.4, 0.5) is 11.5 Å². The van der Waals surface area contributed by atoms with Crippen molar-refractivity contribution in [2.75, 3.05) is 18.4 Å². The molecule has 25 heavy (non-hydrogen) atoms. The number of carbonyl (C=O) groups is 2. The summed E-state index contributed by atoms with van der Waals surface area (Å²) in [6.45, 7) is 3.12. The molecule has 6 nitrogen and oxygen atoms in total. The maximum Gasteiger partial charge on any atom is 0.274 e. The van der Waals surface area contributed by atoms with Gasteiger partial charge in [0.15, 0.2) is 17.3 Å². The van der Waals surface area contributed by atoms with Crippen LogP contribution in [0.2, 0.25) is 0 Å². The van der Waals surface area contributed by atoms with E-state index in [4.69, 9.17) is 0 Å². The molecular formula is C19H22N4O2. The van der Waals surface area contributed by atoms with Crippen molar-refractivity contribution < 1.29 is 9.59 Å². The standard InChI is InChI=1S/C19H22N4O2/c1-14(24)15-6-8-16(9-7-15)20-18-11-10-17(21-22-18)19(25)23-12-4-2-3-5-13-23/h6-11H,2-5,12-13H2,1H3,(H,20,22). The van der Waals surface area contributed by atoms with Crippen molar-refractivity contribution in [2.24, 2.45) is 0 Å². The van der Waals surface area contributed by atoms with Crippen molar-refractivity contribution in [1.82, 2.24) is 15.1 Å². The molecule has 0 aliphatic carbocycles. The summed E-state index contributed by atoms with van der Waals surface area (Å²) in [6.07, 6.45) is 4.46. The summed E-state index contributed by atoms with van der Waals surface area (Å²) in [5.74, 6) is 0.539. The fourth-order valence-corrected chi connectivity index (χ4v) is 2.88. The molecule has 1 amide bonds. The number of nitrogens with zero attached hydrogens (tertiary/aromatic N) is 3. The van der Waals surface area contributed by atoms with E-state index in [1.54, 1.807) is 24.3 Å². The maximum atomic E-state index is 12.5. The van der Waals surface area contributed by atoms with Gasteiger partial charge in [-0.25, -0.2) is 0 Å². The van der Waals surface area contributed by atoms with Crippen molar-refractivity contribution >= 4 is 23.2 Å². The van der Waals surface area contributed by atoms with Crippen LogP contribution in [-0.4, -0.2) is 39.9 Å². The third kappa shape index (κ3) is 4.41. The predicted octanol–water partition coefficient (Wildman–Crippen LogP) is 3.44. The Kier molecular flexibility index (Phi) is 5.38. The molecule has 1 saturated heterocycles. The lowest BCUT2D eigenvalue weighted by Gasteiger charge is -2.19. The van der Waals surface area contributed by atoms with Gasteiger partial charge in [-0.2, -0.15) is 0 Å². The largest absolute Gasteiger partial charge is 0.339 e. The highest BCUT2D eigenvalue weighted by atomic mass is 16.2. The lowest BCUT2D eigenvalue weighted by molar-refractivity contribution is 0.0754. The SMILES string of the molecule is CC(=O)c1ccc(Nc2ccc(C(=O)N3CCCCCC3)nn2)cc1. The van der Waals surface area contributed by atoms with E-state index in [2.05, 4.69) is 15.5 Å². The molecule has 3 rings (SSSR count). The molecule has 1 fully saturated rings. The number of nitrogens with one attached hydrogen (secondary N) is 1. The van der Waals surface area contributed by atoms with Crippen LogP contribution in [0.25, 0.3) is 0 Å². The van der Waals surface area contributed by atoms with Crippen LogP contribution in [0.3, 0.4) is 0 Å². The average Bonchev–Trinajstić information content (AvgIpc) is 2.92. The van der Waals surface area contributed by atoms with Gasteiger partial charge in [0.05, 0.1) is 0 Å². The Morgan fingerprint density at radius 2 is 1.60 bits per heavy atom. The first-order chi connectivity index (χ1) is 12.1. The van der Waals surface area contributed by atoms with E-state index >= 15 is 0 Å². The van der Waals surface area contributed by atoms with Gasteiger partial charge in [0.1, 0.15) is 0 Å². The molecule has 1 aliphatic rings. The van der Waals surface area contributed by atoms with E-state index in [0.717, 1.165) is 31.6 Å². The number of ketones is 1. The molecule has 2 aromatic rings. The molecule has 0 saturated carbocycles. The first-order valence-corrected chi connectivity index (χ1v) is 8.64. The zero-order chi connectivity index (χ0) is 17.6. The van der Waals surface area contributed by atoms with Crippen LogP contribution in [0.15, 0.2) is 36.4 Å². The summed E-state index contributed by atoms with van der Waals surface area (Å²) in [6, 6.07) is 10.6. The predicted molar refractivity (Wildman–Crippen MR) is 96.1 cm³/mol. The number of carbonyl (C=O) groups excluding carboxylic acids is 2. The highest BCUT2D eigenvalue weighted by Crippen LogP contribution is 2.16. The lowest BCUT2D eigenvalue weighted by atomic mass is 10.1. The fraction of sp³-hybridized carbons (Fsp3) is 0.368. The molecule has 1 aromatic heterocycles. The topological polar surface area (TPSA) is 75.2 Å². The quantitative estimate of drug-likeness (QED) is 0.864. The van der Waals surface area contributed by atoms with Crippen LogP contribution in [0, 0.1) is 0 Å². The maximum absolute atomic E-state index is 12.5. The smallest absolute Gasteiger partial charge is 0.274 e. The number of aromatic nitrogens is 2. The van der Waals surface area contributed by atoms with Gasteiger partial charge in [-0.05, 0) is 56.2 Å². The third-order valence-corrected chi connectivity index (χ3v) is 4.34. The first-order valence-electron chi connectivity index (χ1n) is 8.64. The van der Waals surface area contributed by atoms with Gasteiger partial charge in [0, 0.05) is 24.3 Å². The Hall–Kier alpha value is -2.76. The minimum absolute atomic E-state index is 0.0303. The molecule has 0 radical (unpaired) electrons. The van der Waals surface area contributed by atoms with Crippen molar-refractivity contribution in [2.45, 2.75) is 32.6 Å². The fourth-order valence-electron chi connectivity index (χ4n) is 2.88. The van der Waals surface area contributed by atoms with Gasteiger partial charge in [-0.3, -0.25) is 9.59 Å². The van der Waals surface area contributed by atoms with Crippen molar-refractivity contribution in [3.05, 3.63) is 47.7 Å². The number of benzene rings is 1. The molecule has 1 aliphatic heterocycles. The normalized spacial score (nSPS) is 14.7. The minimum atomic E-state index is -0.0493. The molecule has 0 unspecified atom stereocenters. The summed E-state index contributed by atoms with van der Waals surface area (Å²) in [5.41, 5.74) is 1.85. The van der Waals surface area contributed by atoms with Crippen LogP contribution in [0.1, 0.15) is 53.5 Å². The van der Waals surface area contributed by atoms with Crippen LogP contribution in [0.5, 0.6) is 0 Å². The van der Waals surface area contributed by atoms with Gasteiger partial charge in [-0.15, -0.1) is 10.2 Å². The number of Topliss-reactive ketones (excluding diaryl/α,β-unsaturated/α-hetero) is 1. The van der Waals surface area contributed by atoms with Gasteiger partial charge in [-0.1, -0.05) is 12.8 Å². The van der Waals surface area contributed by atoms with Crippen molar-refractivity contribution in [3.63, 3.8) is 0 Å². The summed E-state index contributed by atoms with van der Waals surface area (Å²) < 4.78 is 0. The molecule has 6 heteroatoms. The van der Waals surface area contributed by atoms with Crippen LogP contribution >= 0.6 is 0 Å². The van der Waals surface area contributed by atoms with E-state index in [1.165, 1.54) is 19.8 Å². The van der Waals surface area contributed by atoms with Gasteiger partial charge < -0.3 is 10.2 Å². The number of hydrogen-bond acceptors (Lipinski definition) is 5. The Morgan fingerprint density at radius 1 is 0.920 bits per heavy atom. The lowest BCUT2D eigenvalue weighted by Crippen LogP contribution is -2.32. The molecule has 0 atom stereocenters. The Bertz CT molecular complexity index is 733. The zero-order valence-electron chi connectivity index (χ0n) is 14.4. The monoisotopic (exact) mass is 338 g/mol. The Labute approximate surface area is 147 Å². The van der Waals surface area contributed by atoms with E-state index in [1.807, 2.05) is 17.0 Å². The van der Waals surface area contributed by atoms with E-state index < -0.39 is 0 Å². The summed E-state index contributed by atoms with van der Waals surface area (Å²) in [5, 5.41) is 11.3. The van der Waals surface area contributed by atoms with E-state index in [0.29, 0.717) is 17.1 Å². The molecule has 1 N–H and O–H groups in total. The van der Waals surface area contributed by atoms with Crippen molar-refractivity contribution in [1.29, 1.82) is 0 Å². The molecule has 2 heterocycles. The highest BCUT2D eigenvalue weighted by molar-refractivity contribution is 5.94. The zero-order valence-corrected chi connectivity index (χ0v) is 14.4. The molecular weight excluding hydrogens is 316 g/mol. The second-order valence-electron chi connectivity index (χ2n) is 6.27. The number of rotatable bonds is 4. The number of hydrogen-bond donors (Lipinski definition) is 1. The highest BCUT2D eigenvalue weighted by Gasteiger charge is 2.18. The first kappa shape index (κ1) is 17.1. The summed E-state index contributed by atoms with van der Waals surface area (Å²) in [7, 11) is 0. The molecule has 1 aromatic carbocycles. The third-order valence-electron chi connectivity index (χ3n) is 4.34. The van der Waals surface area contributed by atoms with Gasteiger partial charge in [0.25, 0.3) is 5.91 Å². The van der Waals surface area contributed by atoms with Gasteiger partial charge >= 0.3 is 0 Å². The minimum Gasteiger partial charge on any atom is -0.339 e. The summed E-state index contributed by atoms with van der Waals surface area (Å²) >= 11 is 0. The molecule has 0 spiro atoms. The second kappa shape index (κ2) is 7.88. The summed E-state index contributed by atoms with van der Waals surface area (Å²) in [4.78, 5) is 25.6.